The summed E-state index contributed by atoms with van der Waals surface area (Å²) in [6.45, 7) is 6.44. The molecule has 1 fully saturated rings. The number of hydrogen-bond acceptors (Lipinski definition) is 5. The fraction of sp³-hybridized carbons (Fsp3) is 0.278. The maximum absolute atomic E-state index is 6.92. The van der Waals surface area contributed by atoms with Crippen LogP contribution in [0.1, 0.15) is 16.7 Å². The summed E-state index contributed by atoms with van der Waals surface area (Å²) in [5.41, 5.74) is 3.35. The van der Waals surface area contributed by atoms with Gasteiger partial charge in [0.25, 0.3) is 0 Å². The Kier molecular flexibility index (Phi) is 12.0. The Morgan fingerprint density at radius 1 is 0.667 bits per heavy atom. The topological polar surface area (TPSA) is 49.0 Å². The molecule has 0 amide bonds. The molecule has 0 unspecified atom stereocenters. The zero-order valence-corrected chi connectivity index (χ0v) is 25.5. The average Bonchev–Trinajstić information content (AvgIpc) is 3.04. The molecule has 0 spiro atoms. The van der Waals surface area contributed by atoms with Gasteiger partial charge in [-0.05, 0) is 0 Å². The van der Waals surface area contributed by atoms with Crippen molar-refractivity contribution in [2.45, 2.75) is 49.2 Å². The Hall–Kier alpha value is -3.06. The number of benzene rings is 4. The predicted octanol–water partition coefficient (Wildman–Crippen LogP) is 5.27. The van der Waals surface area contributed by atoms with E-state index in [2.05, 4.69) is 72.6 Å². The number of hydrogen-bond donors (Lipinski definition) is 1. The summed E-state index contributed by atoms with van der Waals surface area (Å²) in [5, 5.41) is 3.59. The van der Waals surface area contributed by atoms with E-state index in [1.165, 1.54) is 4.46 Å². The summed E-state index contributed by atoms with van der Waals surface area (Å²) in [6, 6.07) is 41.3. The van der Waals surface area contributed by atoms with Gasteiger partial charge in [0.05, 0.1) is 0 Å². The molecule has 6 heteroatoms. The van der Waals surface area contributed by atoms with E-state index in [4.69, 9.17) is 18.9 Å². The van der Waals surface area contributed by atoms with Crippen LogP contribution in [0.3, 0.4) is 0 Å². The summed E-state index contributed by atoms with van der Waals surface area (Å²) >= 11 is 0.0243. The van der Waals surface area contributed by atoms with Gasteiger partial charge in [0, 0.05) is 0 Å². The second kappa shape index (κ2) is 16.5. The third-order valence-corrected chi connectivity index (χ3v) is 9.58. The van der Waals surface area contributed by atoms with Crippen LogP contribution in [0.5, 0.6) is 0 Å². The molecule has 5 rings (SSSR count). The molecule has 218 valence electrons. The van der Waals surface area contributed by atoms with Gasteiger partial charge in [0.2, 0.25) is 0 Å². The van der Waals surface area contributed by atoms with Gasteiger partial charge in [-0.3, -0.25) is 0 Å². The van der Waals surface area contributed by atoms with Crippen molar-refractivity contribution >= 4 is 19.4 Å². The fourth-order valence-electron chi connectivity index (χ4n) is 5.01. The van der Waals surface area contributed by atoms with Crippen molar-refractivity contribution in [2.75, 3.05) is 13.2 Å². The Morgan fingerprint density at radius 2 is 1.17 bits per heavy atom. The van der Waals surface area contributed by atoms with Crippen molar-refractivity contribution in [1.29, 1.82) is 0 Å². The number of rotatable bonds is 15. The molecule has 0 aromatic heterocycles. The van der Waals surface area contributed by atoms with Gasteiger partial charge in [0.1, 0.15) is 0 Å². The zero-order chi connectivity index (χ0) is 28.8. The van der Waals surface area contributed by atoms with Crippen LogP contribution in [0.25, 0.3) is 0 Å². The van der Waals surface area contributed by atoms with E-state index in [1.807, 2.05) is 66.7 Å². The maximum atomic E-state index is 6.92. The number of nitrogens with one attached hydrogen (secondary N) is 1. The molecule has 5 nitrogen and oxygen atoms in total. The van der Waals surface area contributed by atoms with E-state index in [0.717, 1.165) is 16.7 Å². The first-order chi connectivity index (χ1) is 20.8. The SMILES string of the molecule is C=CCN[C@@H]1[C@@H](OCc2ccccc2)[C@H](OCc2ccccc2)[C@@H](COCc2ccccc2)O[C@@H]1[Se]c1ccccc1. The first-order valence-electron chi connectivity index (χ1n) is 14.4. The quantitative estimate of drug-likeness (QED) is 0.144. The molecule has 0 radical (unpaired) electrons. The molecule has 1 aliphatic heterocycles. The van der Waals surface area contributed by atoms with Gasteiger partial charge < -0.3 is 0 Å². The van der Waals surface area contributed by atoms with Crippen LogP contribution in [-0.4, -0.2) is 57.5 Å². The molecule has 5 atom stereocenters. The third kappa shape index (κ3) is 8.97. The van der Waals surface area contributed by atoms with Gasteiger partial charge in [-0.25, -0.2) is 0 Å². The van der Waals surface area contributed by atoms with Crippen molar-refractivity contribution < 1.29 is 18.9 Å². The number of ether oxygens (including phenoxy) is 4. The second-order valence-electron chi connectivity index (χ2n) is 10.2. The molecular formula is C36H39NO4Se. The van der Waals surface area contributed by atoms with Crippen molar-refractivity contribution in [3.63, 3.8) is 0 Å². The second-order valence-corrected chi connectivity index (χ2v) is 12.7. The van der Waals surface area contributed by atoms with Crippen LogP contribution in [0.4, 0.5) is 0 Å². The molecular weight excluding hydrogens is 589 g/mol. The molecule has 0 aliphatic carbocycles. The van der Waals surface area contributed by atoms with Crippen LogP contribution in [0, 0.1) is 0 Å². The van der Waals surface area contributed by atoms with Gasteiger partial charge in [-0.2, -0.15) is 0 Å². The molecule has 1 N–H and O–H groups in total. The van der Waals surface area contributed by atoms with Crippen molar-refractivity contribution in [1.82, 2.24) is 5.32 Å². The van der Waals surface area contributed by atoms with Gasteiger partial charge >= 0.3 is 257 Å². The van der Waals surface area contributed by atoms with Crippen molar-refractivity contribution in [3.8, 4) is 0 Å². The molecule has 1 heterocycles. The monoisotopic (exact) mass is 629 g/mol. The van der Waals surface area contributed by atoms with Crippen molar-refractivity contribution in [2.24, 2.45) is 0 Å². The summed E-state index contributed by atoms with van der Waals surface area (Å²) in [4.78, 5) is 0. The normalized spacial score (nSPS) is 22.0. The summed E-state index contributed by atoms with van der Waals surface area (Å²) in [6.07, 6.45) is 0.948. The van der Waals surface area contributed by atoms with Crippen LogP contribution < -0.4 is 9.78 Å². The first-order valence-corrected chi connectivity index (χ1v) is 16.3. The zero-order valence-electron chi connectivity index (χ0n) is 23.8. The van der Waals surface area contributed by atoms with E-state index in [-0.39, 0.29) is 44.3 Å². The van der Waals surface area contributed by atoms with E-state index in [9.17, 15) is 0 Å². The van der Waals surface area contributed by atoms with Gasteiger partial charge in [-0.1, -0.05) is 0 Å². The van der Waals surface area contributed by atoms with Gasteiger partial charge in [0.15, 0.2) is 0 Å². The molecule has 42 heavy (non-hydrogen) atoms. The summed E-state index contributed by atoms with van der Waals surface area (Å²) in [7, 11) is 0. The standard InChI is InChI=1S/C36H39NO4Se/c1-2-23-37-33-35(40-26-30-19-11-5-12-20-30)34(39-25-29-17-9-4-10-18-29)32(27-38-24-28-15-7-3-8-16-28)41-36(33)42-31-21-13-6-14-22-31/h2-22,32-37H,1,23-27H2/t32-,33-,34-,35-,36-/m1/s1. The molecule has 4 aromatic rings. The molecule has 4 aromatic carbocycles. The summed E-state index contributed by atoms with van der Waals surface area (Å²) < 4.78 is 28.0. The van der Waals surface area contributed by atoms with Gasteiger partial charge in [-0.15, -0.1) is 0 Å². The Morgan fingerprint density at radius 3 is 1.71 bits per heavy atom. The van der Waals surface area contributed by atoms with Crippen LogP contribution in [0.15, 0.2) is 134 Å². The van der Waals surface area contributed by atoms with Crippen LogP contribution in [0.2, 0.25) is 0 Å². The molecule has 1 saturated heterocycles. The van der Waals surface area contributed by atoms with E-state index >= 15 is 0 Å². The molecule has 1 aliphatic rings. The van der Waals surface area contributed by atoms with E-state index in [0.29, 0.717) is 33.0 Å². The third-order valence-electron chi connectivity index (χ3n) is 7.10. The average molecular weight is 629 g/mol. The molecule has 0 saturated carbocycles. The van der Waals surface area contributed by atoms with Crippen molar-refractivity contribution in [3.05, 3.63) is 151 Å². The predicted molar refractivity (Wildman–Crippen MR) is 169 cm³/mol. The van der Waals surface area contributed by atoms with E-state index < -0.39 is 0 Å². The minimum atomic E-state index is -0.352. The molecule has 0 bridgehead atoms. The van der Waals surface area contributed by atoms with E-state index in [1.54, 1.807) is 0 Å². The Balaban J connectivity index is 1.43. The first kappa shape index (κ1) is 30.4. The van der Waals surface area contributed by atoms with Crippen LogP contribution >= 0.6 is 0 Å². The van der Waals surface area contributed by atoms with Crippen LogP contribution in [-0.2, 0) is 38.8 Å². The summed E-state index contributed by atoms with van der Waals surface area (Å²) in [5.74, 6) is 0. The fourth-order valence-corrected chi connectivity index (χ4v) is 7.48. The Labute approximate surface area is 256 Å². The minimum absolute atomic E-state index is 0.0243. The Bertz CT molecular complexity index is 1310.